The van der Waals surface area contributed by atoms with Gasteiger partial charge in [0, 0.05) is 12.1 Å². The van der Waals surface area contributed by atoms with Gasteiger partial charge < -0.3 is 14.8 Å². The maximum Gasteiger partial charge on any atom is 0.276 e. The Balaban J connectivity index is 1.86. The molecule has 1 amide bonds. The van der Waals surface area contributed by atoms with Gasteiger partial charge in [0.2, 0.25) is 6.79 Å². The summed E-state index contributed by atoms with van der Waals surface area (Å²) in [4.78, 5) is 14.0. The summed E-state index contributed by atoms with van der Waals surface area (Å²) in [5.41, 5.74) is 1.28. The molecule has 5 nitrogen and oxygen atoms in total. The summed E-state index contributed by atoms with van der Waals surface area (Å²) in [6, 6.07) is 5.59. The Bertz CT molecular complexity index is 627. The smallest absolute Gasteiger partial charge is 0.276 e. The van der Waals surface area contributed by atoms with Crippen molar-refractivity contribution >= 4 is 29.3 Å². The molecule has 0 bridgehead atoms. The lowest BCUT2D eigenvalue weighted by Crippen LogP contribution is -2.31. The lowest BCUT2D eigenvalue weighted by atomic mass is 10.1. The molecule has 1 N–H and O–H groups in total. The van der Waals surface area contributed by atoms with Crippen LogP contribution in [-0.4, -0.2) is 29.3 Å². The Labute approximate surface area is 128 Å². The molecule has 0 radical (unpaired) electrons. The van der Waals surface area contributed by atoms with Crippen molar-refractivity contribution in [1.82, 2.24) is 10.2 Å². The van der Waals surface area contributed by atoms with Gasteiger partial charge in [-0.2, -0.15) is 0 Å². The number of nitrogens with one attached hydrogen (secondary N) is 1. The lowest BCUT2D eigenvalue weighted by Gasteiger charge is -2.12. The van der Waals surface area contributed by atoms with Crippen molar-refractivity contribution in [2.24, 2.45) is 0 Å². The number of fused-ring (bicyclic) bond motifs is 1. The van der Waals surface area contributed by atoms with Crippen LogP contribution in [0.1, 0.15) is 25.3 Å². The molecule has 0 aromatic heterocycles. The van der Waals surface area contributed by atoms with Gasteiger partial charge in [0.1, 0.15) is 5.70 Å². The van der Waals surface area contributed by atoms with Crippen LogP contribution in [0.3, 0.4) is 0 Å². The Kier molecular flexibility index (Phi) is 3.79. The minimum absolute atomic E-state index is 0.0926. The molecule has 2 aliphatic heterocycles. The van der Waals surface area contributed by atoms with Crippen LogP contribution in [0, 0.1) is 0 Å². The highest BCUT2D eigenvalue weighted by molar-refractivity contribution is 7.80. The summed E-state index contributed by atoms with van der Waals surface area (Å²) in [5, 5.41) is 3.44. The summed E-state index contributed by atoms with van der Waals surface area (Å²) < 4.78 is 10.8. The van der Waals surface area contributed by atoms with E-state index in [9.17, 15) is 4.79 Å². The van der Waals surface area contributed by atoms with E-state index in [0.29, 0.717) is 28.9 Å². The summed E-state index contributed by atoms with van der Waals surface area (Å²) in [6.45, 7) is 2.93. The highest BCUT2D eigenvalue weighted by Gasteiger charge is 2.30. The largest absolute Gasteiger partial charge is 0.454 e. The fourth-order valence-electron chi connectivity index (χ4n) is 2.31. The number of amides is 1. The topological polar surface area (TPSA) is 50.8 Å². The third kappa shape index (κ3) is 2.58. The van der Waals surface area contributed by atoms with E-state index in [-0.39, 0.29) is 12.7 Å². The number of ether oxygens (including phenoxy) is 2. The van der Waals surface area contributed by atoms with E-state index in [0.717, 1.165) is 18.4 Å². The second-order valence-electron chi connectivity index (χ2n) is 4.88. The van der Waals surface area contributed by atoms with Gasteiger partial charge in [-0.3, -0.25) is 9.69 Å². The predicted octanol–water partition coefficient (Wildman–Crippen LogP) is 2.27. The first-order chi connectivity index (χ1) is 10.2. The van der Waals surface area contributed by atoms with E-state index in [4.69, 9.17) is 21.7 Å². The van der Waals surface area contributed by atoms with Crippen LogP contribution in [-0.2, 0) is 4.79 Å². The van der Waals surface area contributed by atoms with Crippen molar-refractivity contribution in [3.05, 3.63) is 29.5 Å². The molecule has 1 saturated heterocycles. The molecule has 0 spiro atoms. The van der Waals surface area contributed by atoms with Crippen molar-refractivity contribution in [3.8, 4) is 11.5 Å². The Morgan fingerprint density at radius 3 is 3.10 bits per heavy atom. The van der Waals surface area contributed by atoms with Crippen LogP contribution < -0.4 is 14.8 Å². The third-order valence-corrected chi connectivity index (χ3v) is 3.75. The van der Waals surface area contributed by atoms with Crippen LogP contribution >= 0.6 is 12.2 Å². The standard InChI is InChI=1S/C15H16N2O3S/c1-2-3-7-17-14(18)11(16-15(17)21)8-10-5-4-6-12-13(10)20-9-19-12/h4-6,8H,2-3,7,9H2,1H3,(H,16,21)/b11-8-. The average molecular weight is 304 g/mol. The highest BCUT2D eigenvalue weighted by Crippen LogP contribution is 2.36. The quantitative estimate of drug-likeness (QED) is 0.683. The first-order valence-electron chi connectivity index (χ1n) is 6.94. The molecular weight excluding hydrogens is 288 g/mol. The molecule has 1 fully saturated rings. The molecule has 1 aromatic carbocycles. The number of hydrogen-bond acceptors (Lipinski definition) is 4. The fraction of sp³-hybridized carbons (Fsp3) is 0.333. The van der Waals surface area contributed by atoms with Gasteiger partial charge in [-0.25, -0.2) is 0 Å². The summed E-state index contributed by atoms with van der Waals surface area (Å²) in [5.74, 6) is 1.27. The minimum Gasteiger partial charge on any atom is -0.454 e. The Hall–Kier alpha value is -2.08. The Morgan fingerprint density at radius 1 is 1.43 bits per heavy atom. The fourth-order valence-corrected chi connectivity index (χ4v) is 2.60. The molecule has 0 aliphatic carbocycles. The summed E-state index contributed by atoms with van der Waals surface area (Å²) in [6.07, 6.45) is 3.70. The molecule has 110 valence electrons. The van der Waals surface area contributed by atoms with Crippen molar-refractivity contribution in [3.63, 3.8) is 0 Å². The molecule has 0 saturated carbocycles. The van der Waals surface area contributed by atoms with Gasteiger partial charge >= 0.3 is 0 Å². The number of thiocarbonyl (C=S) groups is 1. The van der Waals surface area contributed by atoms with Crippen LogP contribution in [0.15, 0.2) is 23.9 Å². The predicted molar refractivity (Wildman–Crippen MR) is 82.9 cm³/mol. The average Bonchev–Trinajstić information content (AvgIpc) is 3.04. The lowest BCUT2D eigenvalue weighted by molar-refractivity contribution is -0.122. The van der Waals surface area contributed by atoms with E-state index in [1.807, 2.05) is 18.2 Å². The van der Waals surface area contributed by atoms with E-state index in [1.165, 1.54) is 0 Å². The molecule has 2 aliphatic rings. The number of rotatable bonds is 4. The van der Waals surface area contributed by atoms with Gasteiger partial charge in [0.15, 0.2) is 16.6 Å². The molecule has 1 aromatic rings. The van der Waals surface area contributed by atoms with E-state index in [1.54, 1.807) is 11.0 Å². The number of benzene rings is 1. The van der Waals surface area contributed by atoms with Crippen molar-refractivity contribution < 1.29 is 14.3 Å². The van der Waals surface area contributed by atoms with Gasteiger partial charge in [0.25, 0.3) is 5.91 Å². The first-order valence-corrected chi connectivity index (χ1v) is 7.34. The number of nitrogens with zero attached hydrogens (tertiary/aromatic N) is 1. The molecule has 2 heterocycles. The number of para-hydroxylation sites is 1. The zero-order chi connectivity index (χ0) is 14.8. The summed E-state index contributed by atoms with van der Waals surface area (Å²) in [7, 11) is 0. The Morgan fingerprint density at radius 2 is 2.29 bits per heavy atom. The summed E-state index contributed by atoms with van der Waals surface area (Å²) >= 11 is 5.22. The van der Waals surface area contributed by atoms with Crippen molar-refractivity contribution in [1.29, 1.82) is 0 Å². The van der Waals surface area contributed by atoms with Gasteiger partial charge in [-0.05, 0) is 30.8 Å². The number of unbranched alkanes of at least 4 members (excludes halogenated alkanes) is 1. The van der Waals surface area contributed by atoms with Crippen LogP contribution in [0.5, 0.6) is 11.5 Å². The SMILES string of the molecule is CCCCN1C(=O)/C(=C/c2cccc3c2OCO3)NC1=S. The molecular formula is C15H16N2O3S. The molecule has 6 heteroatoms. The molecule has 0 unspecified atom stereocenters. The van der Waals surface area contributed by atoms with Crippen molar-refractivity contribution in [2.75, 3.05) is 13.3 Å². The minimum atomic E-state index is -0.0926. The normalized spacial score (nSPS) is 18.5. The monoisotopic (exact) mass is 304 g/mol. The van der Waals surface area contributed by atoms with Gasteiger partial charge in [-0.1, -0.05) is 25.5 Å². The van der Waals surface area contributed by atoms with Crippen molar-refractivity contribution in [2.45, 2.75) is 19.8 Å². The number of carbonyl (C=O) groups excluding carboxylic acids is 1. The molecule has 21 heavy (non-hydrogen) atoms. The zero-order valence-corrected chi connectivity index (χ0v) is 12.5. The van der Waals surface area contributed by atoms with Crippen LogP contribution in [0.4, 0.5) is 0 Å². The second-order valence-corrected chi connectivity index (χ2v) is 5.27. The second kappa shape index (κ2) is 5.73. The van der Waals surface area contributed by atoms with E-state index >= 15 is 0 Å². The zero-order valence-electron chi connectivity index (χ0n) is 11.7. The maximum absolute atomic E-state index is 12.4. The van der Waals surface area contributed by atoms with E-state index in [2.05, 4.69) is 12.2 Å². The van der Waals surface area contributed by atoms with E-state index < -0.39 is 0 Å². The first kappa shape index (κ1) is 13.9. The highest BCUT2D eigenvalue weighted by atomic mass is 32.1. The van der Waals surface area contributed by atoms with Gasteiger partial charge in [-0.15, -0.1) is 0 Å². The number of carbonyl (C=O) groups is 1. The van der Waals surface area contributed by atoms with Crippen LogP contribution in [0.2, 0.25) is 0 Å². The molecule has 3 rings (SSSR count). The molecule has 0 atom stereocenters. The van der Waals surface area contributed by atoms with Gasteiger partial charge in [0.05, 0.1) is 0 Å². The van der Waals surface area contributed by atoms with Crippen LogP contribution in [0.25, 0.3) is 6.08 Å². The maximum atomic E-state index is 12.4. The number of hydrogen-bond donors (Lipinski definition) is 1. The third-order valence-electron chi connectivity index (χ3n) is 3.42.